The van der Waals surface area contributed by atoms with Gasteiger partial charge in [0.15, 0.2) is 0 Å². The van der Waals surface area contributed by atoms with Crippen molar-refractivity contribution in [3.63, 3.8) is 0 Å². The van der Waals surface area contributed by atoms with E-state index in [9.17, 15) is 14.9 Å². The van der Waals surface area contributed by atoms with Gasteiger partial charge in [0.1, 0.15) is 5.69 Å². The van der Waals surface area contributed by atoms with E-state index in [0.717, 1.165) is 11.1 Å². The van der Waals surface area contributed by atoms with Gasteiger partial charge in [-0.1, -0.05) is 12.2 Å². The minimum Gasteiger partial charge on any atom is -0.324 e. The van der Waals surface area contributed by atoms with Crippen molar-refractivity contribution in [1.82, 2.24) is 0 Å². The first kappa shape index (κ1) is 14.2. The average Bonchev–Trinajstić information content (AvgIpc) is 2.80. The molecule has 1 aliphatic rings. The Kier molecular flexibility index (Phi) is 3.85. The Hall–Kier alpha value is -2.21. The lowest BCUT2D eigenvalue weighted by atomic mass is 10.1. The number of nitrogens with two attached hydrogens (primary N) is 1. The Balaban J connectivity index is 2.24. The van der Waals surface area contributed by atoms with Crippen molar-refractivity contribution in [2.75, 3.05) is 5.32 Å². The molecule has 3 N–H and O–H groups in total. The summed E-state index contributed by atoms with van der Waals surface area (Å²) in [5.74, 6) is -0.591. The predicted octanol–water partition coefficient (Wildman–Crippen LogP) is 2.05. The first-order valence-electron chi connectivity index (χ1n) is 6.39. The highest BCUT2D eigenvalue weighted by Gasteiger charge is 2.25. The number of hydrogen-bond donors (Lipinski definition) is 2. The maximum Gasteiger partial charge on any atom is 0.293 e. The van der Waals surface area contributed by atoms with Gasteiger partial charge in [-0.25, -0.2) is 0 Å². The molecular formula is C14H17N3O3. The van der Waals surface area contributed by atoms with Crippen molar-refractivity contribution in [1.29, 1.82) is 0 Å². The fourth-order valence-corrected chi connectivity index (χ4v) is 2.20. The van der Waals surface area contributed by atoms with E-state index in [4.69, 9.17) is 5.73 Å². The third kappa shape index (κ3) is 2.85. The van der Waals surface area contributed by atoms with Gasteiger partial charge in [-0.05, 0) is 37.5 Å². The molecule has 1 aromatic rings. The van der Waals surface area contributed by atoms with Crippen molar-refractivity contribution >= 4 is 17.3 Å². The van der Waals surface area contributed by atoms with Crippen molar-refractivity contribution in [3.8, 4) is 0 Å². The molecule has 0 saturated carbocycles. The standard InChI is InChI=1S/C14H17N3O3/c1-8-5-12(13(17(19)20)6-9(8)2)16-14(18)10-3-4-11(15)7-10/h3-6,10-11H,7,15H2,1-2H3,(H,16,18). The molecular weight excluding hydrogens is 258 g/mol. The number of nitrogens with one attached hydrogen (secondary N) is 1. The Morgan fingerprint density at radius 1 is 1.35 bits per heavy atom. The van der Waals surface area contributed by atoms with E-state index in [1.165, 1.54) is 6.07 Å². The highest BCUT2D eigenvalue weighted by Crippen LogP contribution is 2.29. The molecule has 0 radical (unpaired) electrons. The van der Waals surface area contributed by atoms with Crippen LogP contribution in [-0.2, 0) is 4.79 Å². The topological polar surface area (TPSA) is 98.3 Å². The van der Waals surface area contributed by atoms with E-state index in [2.05, 4.69) is 5.32 Å². The molecule has 2 unspecified atom stereocenters. The van der Waals surface area contributed by atoms with Crippen LogP contribution in [0.3, 0.4) is 0 Å². The second-order valence-corrected chi connectivity index (χ2v) is 5.09. The lowest BCUT2D eigenvalue weighted by Gasteiger charge is -2.12. The normalized spacial score (nSPS) is 20.9. The quantitative estimate of drug-likeness (QED) is 0.501. The summed E-state index contributed by atoms with van der Waals surface area (Å²) in [7, 11) is 0. The van der Waals surface area contributed by atoms with Gasteiger partial charge in [0.05, 0.1) is 10.8 Å². The average molecular weight is 275 g/mol. The van der Waals surface area contributed by atoms with Crippen molar-refractivity contribution in [2.45, 2.75) is 26.3 Å². The zero-order chi connectivity index (χ0) is 14.9. The number of nitro benzene ring substituents is 1. The van der Waals surface area contributed by atoms with Gasteiger partial charge < -0.3 is 11.1 Å². The lowest BCUT2D eigenvalue weighted by molar-refractivity contribution is -0.384. The summed E-state index contributed by atoms with van der Waals surface area (Å²) in [6.07, 6.45) is 4.05. The second kappa shape index (κ2) is 5.42. The van der Waals surface area contributed by atoms with Gasteiger partial charge >= 0.3 is 0 Å². The van der Waals surface area contributed by atoms with Crippen LogP contribution < -0.4 is 11.1 Å². The summed E-state index contributed by atoms with van der Waals surface area (Å²) in [6, 6.07) is 2.98. The number of benzene rings is 1. The van der Waals surface area contributed by atoms with E-state index in [1.54, 1.807) is 25.1 Å². The Morgan fingerprint density at radius 2 is 2.00 bits per heavy atom. The maximum absolute atomic E-state index is 12.1. The van der Waals surface area contributed by atoms with Gasteiger partial charge in [0, 0.05) is 12.1 Å². The first-order chi connectivity index (χ1) is 9.38. The van der Waals surface area contributed by atoms with Gasteiger partial charge in [-0.3, -0.25) is 14.9 Å². The molecule has 1 aromatic carbocycles. The van der Waals surface area contributed by atoms with E-state index in [-0.39, 0.29) is 29.2 Å². The molecule has 2 atom stereocenters. The summed E-state index contributed by atoms with van der Waals surface area (Å²) in [6.45, 7) is 3.65. The monoisotopic (exact) mass is 275 g/mol. The van der Waals surface area contributed by atoms with Gasteiger partial charge in [-0.15, -0.1) is 0 Å². The number of rotatable bonds is 3. The first-order valence-corrected chi connectivity index (χ1v) is 6.39. The van der Waals surface area contributed by atoms with Crippen LogP contribution in [0.2, 0.25) is 0 Å². The van der Waals surface area contributed by atoms with Gasteiger partial charge in [0.25, 0.3) is 5.69 Å². The minimum atomic E-state index is -0.488. The SMILES string of the molecule is Cc1cc(NC(=O)C2C=CC(N)C2)c([N+](=O)[O-])cc1C. The molecule has 2 rings (SSSR count). The number of carbonyl (C=O) groups excluding carboxylic acids is 1. The summed E-state index contributed by atoms with van der Waals surface area (Å²) in [5.41, 5.74) is 7.56. The number of aryl methyl sites for hydroxylation is 2. The van der Waals surface area contributed by atoms with E-state index in [1.807, 2.05) is 6.92 Å². The molecule has 0 aromatic heterocycles. The van der Waals surface area contributed by atoms with Crippen LogP contribution in [0, 0.1) is 29.9 Å². The molecule has 0 saturated heterocycles. The van der Waals surface area contributed by atoms with Crippen LogP contribution in [0.5, 0.6) is 0 Å². The molecule has 20 heavy (non-hydrogen) atoms. The molecule has 0 fully saturated rings. The Morgan fingerprint density at radius 3 is 2.55 bits per heavy atom. The molecule has 0 heterocycles. The van der Waals surface area contributed by atoms with Gasteiger partial charge in [-0.2, -0.15) is 0 Å². The summed E-state index contributed by atoms with van der Waals surface area (Å²) < 4.78 is 0. The van der Waals surface area contributed by atoms with Crippen LogP contribution in [-0.4, -0.2) is 16.9 Å². The molecule has 6 heteroatoms. The van der Waals surface area contributed by atoms with Crippen molar-refractivity contribution in [2.24, 2.45) is 11.7 Å². The fourth-order valence-electron chi connectivity index (χ4n) is 2.20. The van der Waals surface area contributed by atoms with E-state index < -0.39 is 4.92 Å². The molecule has 1 amide bonds. The summed E-state index contributed by atoms with van der Waals surface area (Å²) in [4.78, 5) is 22.7. The van der Waals surface area contributed by atoms with Crippen molar-refractivity contribution in [3.05, 3.63) is 45.5 Å². The maximum atomic E-state index is 12.1. The molecule has 1 aliphatic carbocycles. The Labute approximate surface area is 116 Å². The number of amides is 1. The third-order valence-corrected chi connectivity index (χ3v) is 3.52. The number of hydrogen-bond acceptors (Lipinski definition) is 4. The summed E-state index contributed by atoms with van der Waals surface area (Å²) in [5, 5.41) is 13.7. The van der Waals surface area contributed by atoms with Gasteiger partial charge in [0.2, 0.25) is 5.91 Å². The smallest absolute Gasteiger partial charge is 0.293 e. The van der Waals surface area contributed by atoms with Crippen LogP contribution in [0.4, 0.5) is 11.4 Å². The third-order valence-electron chi connectivity index (χ3n) is 3.52. The number of nitrogens with zero attached hydrogens (tertiary/aromatic N) is 1. The zero-order valence-corrected chi connectivity index (χ0v) is 11.4. The zero-order valence-electron chi connectivity index (χ0n) is 11.4. The fraction of sp³-hybridized carbons (Fsp3) is 0.357. The van der Waals surface area contributed by atoms with Crippen LogP contribution in [0.15, 0.2) is 24.3 Å². The Bertz CT molecular complexity index is 596. The molecule has 0 bridgehead atoms. The molecule has 0 aliphatic heterocycles. The predicted molar refractivity (Wildman–Crippen MR) is 76.4 cm³/mol. The highest BCUT2D eigenvalue weighted by molar-refractivity contribution is 5.96. The lowest BCUT2D eigenvalue weighted by Crippen LogP contribution is -2.24. The highest BCUT2D eigenvalue weighted by atomic mass is 16.6. The number of carbonyl (C=O) groups is 1. The number of anilines is 1. The van der Waals surface area contributed by atoms with Crippen LogP contribution in [0.1, 0.15) is 17.5 Å². The van der Waals surface area contributed by atoms with Crippen molar-refractivity contribution < 1.29 is 9.72 Å². The van der Waals surface area contributed by atoms with E-state index >= 15 is 0 Å². The summed E-state index contributed by atoms with van der Waals surface area (Å²) >= 11 is 0. The molecule has 0 spiro atoms. The second-order valence-electron chi connectivity index (χ2n) is 5.09. The van der Waals surface area contributed by atoms with E-state index in [0.29, 0.717) is 6.42 Å². The largest absolute Gasteiger partial charge is 0.324 e. The van der Waals surface area contributed by atoms with Crippen LogP contribution in [0.25, 0.3) is 0 Å². The molecule has 6 nitrogen and oxygen atoms in total. The molecule has 106 valence electrons. The van der Waals surface area contributed by atoms with Crippen LogP contribution >= 0.6 is 0 Å². The minimum absolute atomic E-state index is 0.0901. The number of nitro groups is 1.